The molecule has 0 aliphatic heterocycles. The van der Waals surface area contributed by atoms with Crippen molar-refractivity contribution in [3.63, 3.8) is 0 Å². The molecule has 6 heteroatoms. The lowest BCUT2D eigenvalue weighted by Gasteiger charge is -2.23. The summed E-state index contributed by atoms with van der Waals surface area (Å²) in [5, 5.41) is 5.43. The molecule has 26 heavy (non-hydrogen) atoms. The van der Waals surface area contributed by atoms with Gasteiger partial charge in [-0.3, -0.25) is 4.79 Å². The quantitative estimate of drug-likeness (QED) is 0.852. The average Bonchev–Trinajstić information content (AvgIpc) is 2.59. The third kappa shape index (κ3) is 5.81. The summed E-state index contributed by atoms with van der Waals surface area (Å²) < 4.78 is 10.4. The fraction of sp³-hybridized carbons (Fsp3) is 0.300. The van der Waals surface area contributed by atoms with Crippen molar-refractivity contribution in [1.29, 1.82) is 0 Å². The fourth-order valence-electron chi connectivity index (χ4n) is 2.26. The van der Waals surface area contributed by atoms with Gasteiger partial charge in [0, 0.05) is 5.69 Å². The van der Waals surface area contributed by atoms with E-state index in [9.17, 15) is 9.59 Å². The second-order valence-corrected chi connectivity index (χ2v) is 6.71. The van der Waals surface area contributed by atoms with Crippen molar-refractivity contribution in [2.75, 3.05) is 12.4 Å². The number of amides is 2. The Morgan fingerprint density at radius 1 is 0.962 bits per heavy atom. The van der Waals surface area contributed by atoms with Gasteiger partial charge in [0.1, 0.15) is 17.4 Å². The van der Waals surface area contributed by atoms with E-state index in [1.165, 1.54) is 0 Å². The van der Waals surface area contributed by atoms with Gasteiger partial charge in [-0.05, 0) is 50.6 Å². The van der Waals surface area contributed by atoms with Crippen LogP contribution in [0, 0.1) is 0 Å². The zero-order chi connectivity index (χ0) is 19.2. The second-order valence-electron chi connectivity index (χ2n) is 6.71. The lowest BCUT2D eigenvalue weighted by atomic mass is 10.1. The van der Waals surface area contributed by atoms with Gasteiger partial charge < -0.3 is 20.1 Å². The van der Waals surface area contributed by atoms with Crippen molar-refractivity contribution in [3.05, 3.63) is 60.2 Å². The molecule has 2 rings (SSSR count). The van der Waals surface area contributed by atoms with Crippen LogP contribution in [0.25, 0.3) is 0 Å². The minimum atomic E-state index is -0.881. The van der Waals surface area contributed by atoms with Crippen LogP contribution in [0.4, 0.5) is 10.5 Å². The summed E-state index contributed by atoms with van der Waals surface area (Å²) in [6, 6.07) is 15.1. The maximum Gasteiger partial charge on any atom is 0.408 e. The van der Waals surface area contributed by atoms with E-state index < -0.39 is 17.7 Å². The van der Waals surface area contributed by atoms with Crippen LogP contribution >= 0.6 is 0 Å². The number of methoxy groups -OCH3 is 1. The van der Waals surface area contributed by atoms with Crippen molar-refractivity contribution >= 4 is 17.7 Å². The molecule has 2 amide bonds. The molecule has 0 aromatic heterocycles. The summed E-state index contributed by atoms with van der Waals surface area (Å²) in [5.74, 6) is 0.321. The molecular formula is C20H24N2O4. The van der Waals surface area contributed by atoms with E-state index in [4.69, 9.17) is 9.47 Å². The van der Waals surface area contributed by atoms with Crippen LogP contribution in [0.3, 0.4) is 0 Å². The van der Waals surface area contributed by atoms with Crippen LogP contribution in [0.1, 0.15) is 32.4 Å². The van der Waals surface area contributed by atoms with Crippen LogP contribution in [0.2, 0.25) is 0 Å². The Labute approximate surface area is 153 Å². The van der Waals surface area contributed by atoms with Gasteiger partial charge in [0.15, 0.2) is 0 Å². The number of rotatable bonds is 5. The molecule has 0 bridgehead atoms. The molecule has 138 valence electrons. The molecule has 0 aliphatic rings. The van der Waals surface area contributed by atoms with Crippen LogP contribution in [0.5, 0.6) is 5.75 Å². The van der Waals surface area contributed by atoms with Gasteiger partial charge in [-0.25, -0.2) is 4.79 Å². The zero-order valence-electron chi connectivity index (χ0n) is 15.4. The van der Waals surface area contributed by atoms with Crippen molar-refractivity contribution in [2.24, 2.45) is 0 Å². The number of benzene rings is 2. The molecule has 6 nitrogen and oxygen atoms in total. The molecule has 0 radical (unpaired) electrons. The molecule has 0 aliphatic carbocycles. The Balaban J connectivity index is 2.16. The van der Waals surface area contributed by atoms with E-state index in [2.05, 4.69) is 10.6 Å². The lowest BCUT2D eigenvalue weighted by Crippen LogP contribution is -2.40. The van der Waals surface area contributed by atoms with Crippen LogP contribution in [0.15, 0.2) is 54.6 Å². The molecular weight excluding hydrogens is 332 g/mol. The lowest BCUT2D eigenvalue weighted by molar-refractivity contribution is -0.118. The largest absolute Gasteiger partial charge is 0.497 e. The Morgan fingerprint density at radius 3 is 2.12 bits per heavy atom. The van der Waals surface area contributed by atoms with E-state index in [-0.39, 0.29) is 5.91 Å². The van der Waals surface area contributed by atoms with Gasteiger partial charge in [0.25, 0.3) is 5.91 Å². The van der Waals surface area contributed by atoms with Gasteiger partial charge >= 0.3 is 6.09 Å². The summed E-state index contributed by atoms with van der Waals surface area (Å²) in [6.07, 6.45) is -0.656. The Hall–Kier alpha value is -3.02. The number of alkyl carbamates (subject to hydrolysis) is 1. The van der Waals surface area contributed by atoms with Crippen LogP contribution < -0.4 is 15.4 Å². The summed E-state index contributed by atoms with van der Waals surface area (Å²) in [5.41, 5.74) is 0.602. The number of carbonyl (C=O) groups excluding carboxylic acids is 2. The van der Waals surface area contributed by atoms with E-state index in [0.29, 0.717) is 17.0 Å². The highest BCUT2D eigenvalue weighted by Gasteiger charge is 2.25. The highest BCUT2D eigenvalue weighted by Crippen LogP contribution is 2.19. The van der Waals surface area contributed by atoms with Gasteiger partial charge in [-0.2, -0.15) is 0 Å². The van der Waals surface area contributed by atoms with Crippen LogP contribution in [-0.2, 0) is 9.53 Å². The molecule has 2 aromatic carbocycles. The van der Waals surface area contributed by atoms with Crippen LogP contribution in [-0.4, -0.2) is 24.7 Å². The molecule has 0 saturated heterocycles. The monoisotopic (exact) mass is 356 g/mol. The maximum absolute atomic E-state index is 12.8. The molecule has 2 N–H and O–H groups in total. The van der Waals surface area contributed by atoms with Gasteiger partial charge in [-0.1, -0.05) is 30.3 Å². The van der Waals surface area contributed by atoms with Gasteiger partial charge in [-0.15, -0.1) is 0 Å². The van der Waals surface area contributed by atoms with E-state index >= 15 is 0 Å². The number of anilines is 1. The Kier molecular flexibility index (Phi) is 6.22. The first-order valence-corrected chi connectivity index (χ1v) is 8.28. The van der Waals surface area contributed by atoms with E-state index in [0.717, 1.165) is 0 Å². The smallest absolute Gasteiger partial charge is 0.408 e. The molecule has 0 fully saturated rings. The molecule has 1 unspecified atom stereocenters. The van der Waals surface area contributed by atoms with E-state index in [1.54, 1.807) is 76.4 Å². The normalized spacial score (nSPS) is 12.0. The SMILES string of the molecule is COc1ccc(NC(=O)C(NC(=O)OC(C)(C)C)c2ccccc2)cc1. The standard InChI is InChI=1S/C20H24N2O4/c1-20(2,3)26-19(24)22-17(14-8-6-5-7-9-14)18(23)21-15-10-12-16(25-4)13-11-15/h5-13,17H,1-4H3,(H,21,23)(H,22,24). The van der Waals surface area contributed by atoms with Crippen molar-refractivity contribution in [1.82, 2.24) is 5.32 Å². The van der Waals surface area contributed by atoms with Crippen molar-refractivity contribution in [2.45, 2.75) is 32.4 Å². The number of hydrogen-bond acceptors (Lipinski definition) is 4. The molecule has 0 saturated carbocycles. The number of carbonyl (C=O) groups is 2. The first kappa shape index (κ1) is 19.3. The second kappa shape index (κ2) is 8.38. The highest BCUT2D eigenvalue weighted by atomic mass is 16.6. The summed E-state index contributed by atoms with van der Waals surface area (Å²) in [4.78, 5) is 24.9. The van der Waals surface area contributed by atoms with E-state index in [1.807, 2.05) is 6.07 Å². The number of nitrogens with one attached hydrogen (secondary N) is 2. The number of hydrogen-bond donors (Lipinski definition) is 2. The first-order valence-electron chi connectivity index (χ1n) is 8.28. The maximum atomic E-state index is 12.8. The third-order valence-electron chi connectivity index (χ3n) is 3.41. The minimum absolute atomic E-state index is 0.368. The topological polar surface area (TPSA) is 76.7 Å². The molecule has 2 aromatic rings. The molecule has 0 heterocycles. The summed E-state index contributed by atoms with van der Waals surface area (Å²) in [7, 11) is 1.57. The predicted molar refractivity (Wildman–Crippen MR) is 100 cm³/mol. The Bertz CT molecular complexity index is 737. The molecule has 0 spiro atoms. The summed E-state index contributed by atoms with van der Waals surface area (Å²) >= 11 is 0. The van der Waals surface area contributed by atoms with Crippen molar-refractivity contribution in [3.8, 4) is 5.75 Å². The Morgan fingerprint density at radius 2 is 1.58 bits per heavy atom. The summed E-state index contributed by atoms with van der Waals surface area (Å²) in [6.45, 7) is 5.30. The number of ether oxygens (including phenoxy) is 2. The third-order valence-corrected chi connectivity index (χ3v) is 3.41. The van der Waals surface area contributed by atoms with Gasteiger partial charge in [0.05, 0.1) is 7.11 Å². The fourth-order valence-corrected chi connectivity index (χ4v) is 2.26. The average molecular weight is 356 g/mol. The van der Waals surface area contributed by atoms with Crippen molar-refractivity contribution < 1.29 is 19.1 Å². The van der Waals surface area contributed by atoms with Gasteiger partial charge in [0.2, 0.25) is 0 Å². The predicted octanol–water partition coefficient (Wildman–Crippen LogP) is 3.90. The highest BCUT2D eigenvalue weighted by molar-refractivity contribution is 5.97. The molecule has 1 atom stereocenters. The minimum Gasteiger partial charge on any atom is -0.497 e. The zero-order valence-corrected chi connectivity index (χ0v) is 15.4. The first-order chi connectivity index (χ1) is 12.3.